The lowest BCUT2D eigenvalue weighted by Crippen LogP contribution is -2.63. The Labute approximate surface area is 106 Å². The Bertz CT molecular complexity index is 314. The zero-order valence-electron chi connectivity index (χ0n) is 10.4. The fourth-order valence-corrected chi connectivity index (χ4v) is 3.77. The Kier molecular flexibility index (Phi) is 3.97. The van der Waals surface area contributed by atoms with Crippen LogP contribution in [0.15, 0.2) is 0 Å². The molecule has 0 radical (unpaired) electrons. The van der Waals surface area contributed by atoms with Crippen LogP contribution in [0.5, 0.6) is 0 Å². The van der Waals surface area contributed by atoms with E-state index in [2.05, 4.69) is 5.32 Å². The number of piperazine rings is 1. The third kappa shape index (κ3) is 2.59. The first-order valence-electron chi connectivity index (χ1n) is 6.28. The van der Waals surface area contributed by atoms with E-state index in [-0.39, 0.29) is 36.4 Å². The second kappa shape index (κ2) is 5.29. The van der Waals surface area contributed by atoms with Crippen molar-refractivity contribution in [2.24, 2.45) is 5.92 Å². The van der Waals surface area contributed by atoms with Crippen LogP contribution >= 0.6 is 11.8 Å². The smallest absolute Gasteiger partial charge is 0.243 e. The van der Waals surface area contributed by atoms with Crippen LogP contribution in [-0.4, -0.2) is 46.8 Å². The van der Waals surface area contributed by atoms with Crippen molar-refractivity contribution < 1.29 is 9.59 Å². The summed E-state index contributed by atoms with van der Waals surface area (Å²) >= 11 is 1.89. The molecular weight excluding hydrogens is 236 g/mol. The van der Waals surface area contributed by atoms with Gasteiger partial charge in [-0.05, 0) is 24.5 Å². The van der Waals surface area contributed by atoms with E-state index >= 15 is 0 Å². The van der Waals surface area contributed by atoms with E-state index in [1.807, 2.05) is 30.5 Å². The van der Waals surface area contributed by atoms with Gasteiger partial charge in [0.2, 0.25) is 11.8 Å². The van der Waals surface area contributed by atoms with Crippen molar-refractivity contribution in [1.29, 1.82) is 0 Å². The largest absolute Gasteiger partial charge is 0.345 e. The third-order valence-electron chi connectivity index (χ3n) is 3.43. The SMILES string of the molecule is CC(C)C1C(=O)NCC(=O)N1C1CCCSC1. The van der Waals surface area contributed by atoms with Gasteiger partial charge in [0, 0.05) is 11.8 Å². The minimum Gasteiger partial charge on any atom is -0.345 e. The van der Waals surface area contributed by atoms with Crippen LogP contribution in [0.4, 0.5) is 0 Å². The summed E-state index contributed by atoms with van der Waals surface area (Å²) in [6.07, 6.45) is 2.18. The number of rotatable bonds is 2. The predicted molar refractivity (Wildman–Crippen MR) is 68.8 cm³/mol. The Hall–Kier alpha value is -0.710. The monoisotopic (exact) mass is 256 g/mol. The highest BCUT2D eigenvalue weighted by atomic mass is 32.2. The number of carbonyl (C=O) groups excluding carboxylic acids is 2. The molecule has 4 nitrogen and oxygen atoms in total. The predicted octanol–water partition coefficient (Wildman–Crippen LogP) is 0.865. The molecule has 17 heavy (non-hydrogen) atoms. The summed E-state index contributed by atoms with van der Waals surface area (Å²) in [5, 5.41) is 2.70. The van der Waals surface area contributed by atoms with Gasteiger partial charge in [-0.3, -0.25) is 9.59 Å². The van der Waals surface area contributed by atoms with Gasteiger partial charge in [-0.1, -0.05) is 13.8 Å². The first-order valence-corrected chi connectivity index (χ1v) is 7.43. The lowest BCUT2D eigenvalue weighted by Gasteiger charge is -2.43. The molecule has 2 amide bonds. The van der Waals surface area contributed by atoms with E-state index in [9.17, 15) is 9.59 Å². The van der Waals surface area contributed by atoms with Crippen LogP contribution in [0, 0.1) is 5.92 Å². The van der Waals surface area contributed by atoms with Gasteiger partial charge in [0.05, 0.1) is 6.54 Å². The van der Waals surface area contributed by atoms with Gasteiger partial charge < -0.3 is 10.2 Å². The Morgan fingerprint density at radius 1 is 1.41 bits per heavy atom. The van der Waals surface area contributed by atoms with Gasteiger partial charge in [0.1, 0.15) is 6.04 Å². The Morgan fingerprint density at radius 2 is 2.18 bits per heavy atom. The standard InChI is InChI=1S/C12H20N2O2S/c1-8(2)11-12(16)13-6-10(15)14(11)9-4-3-5-17-7-9/h8-9,11H,3-7H2,1-2H3,(H,13,16). The highest BCUT2D eigenvalue weighted by Gasteiger charge is 2.40. The molecule has 0 aliphatic carbocycles. The van der Waals surface area contributed by atoms with Crippen LogP contribution in [0.1, 0.15) is 26.7 Å². The Morgan fingerprint density at radius 3 is 2.76 bits per heavy atom. The third-order valence-corrected chi connectivity index (χ3v) is 4.63. The summed E-state index contributed by atoms with van der Waals surface area (Å²) in [5.74, 6) is 2.41. The van der Waals surface area contributed by atoms with Crippen LogP contribution in [-0.2, 0) is 9.59 Å². The molecule has 0 aromatic carbocycles. The number of carbonyl (C=O) groups is 2. The van der Waals surface area contributed by atoms with Crippen molar-refractivity contribution in [1.82, 2.24) is 10.2 Å². The topological polar surface area (TPSA) is 49.4 Å². The van der Waals surface area contributed by atoms with E-state index in [4.69, 9.17) is 0 Å². The second-order valence-corrected chi connectivity index (χ2v) is 6.23. The van der Waals surface area contributed by atoms with Gasteiger partial charge in [-0.15, -0.1) is 0 Å². The zero-order valence-corrected chi connectivity index (χ0v) is 11.3. The van der Waals surface area contributed by atoms with Gasteiger partial charge in [-0.25, -0.2) is 0 Å². The molecular formula is C12H20N2O2S. The molecule has 96 valence electrons. The fourth-order valence-electron chi connectivity index (χ4n) is 2.64. The molecule has 2 aliphatic rings. The van der Waals surface area contributed by atoms with Crippen molar-refractivity contribution in [3.8, 4) is 0 Å². The van der Waals surface area contributed by atoms with E-state index < -0.39 is 0 Å². The average molecular weight is 256 g/mol. The maximum Gasteiger partial charge on any atom is 0.243 e. The number of nitrogens with one attached hydrogen (secondary N) is 1. The number of thioether (sulfide) groups is 1. The van der Waals surface area contributed by atoms with E-state index in [0.29, 0.717) is 0 Å². The van der Waals surface area contributed by atoms with Gasteiger partial charge in [0.25, 0.3) is 0 Å². The molecule has 2 atom stereocenters. The van der Waals surface area contributed by atoms with Crippen molar-refractivity contribution in [3.05, 3.63) is 0 Å². The molecule has 0 aromatic rings. The molecule has 0 saturated carbocycles. The molecule has 2 aliphatic heterocycles. The van der Waals surface area contributed by atoms with Crippen molar-refractivity contribution in [3.63, 3.8) is 0 Å². The molecule has 2 heterocycles. The molecule has 5 heteroatoms. The Balaban J connectivity index is 2.18. The first kappa shape index (κ1) is 12.7. The molecule has 2 rings (SSSR count). The summed E-state index contributed by atoms with van der Waals surface area (Å²) < 4.78 is 0. The van der Waals surface area contributed by atoms with Crippen molar-refractivity contribution in [2.45, 2.75) is 38.8 Å². The summed E-state index contributed by atoms with van der Waals surface area (Å²) in [4.78, 5) is 25.8. The maximum atomic E-state index is 12.1. The summed E-state index contributed by atoms with van der Waals surface area (Å²) in [6.45, 7) is 4.18. The molecule has 2 unspecified atom stereocenters. The number of nitrogens with zero attached hydrogens (tertiary/aromatic N) is 1. The molecule has 0 aromatic heterocycles. The summed E-state index contributed by atoms with van der Waals surface area (Å²) in [7, 11) is 0. The van der Waals surface area contributed by atoms with Crippen LogP contribution in [0.3, 0.4) is 0 Å². The summed E-state index contributed by atoms with van der Waals surface area (Å²) in [5.41, 5.74) is 0. The fraction of sp³-hybridized carbons (Fsp3) is 0.833. The molecule has 1 N–H and O–H groups in total. The van der Waals surface area contributed by atoms with E-state index in [1.54, 1.807) is 0 Å². The van der Waals surface area contributed by atoms with Crippen molar-refractivity contribution >= 4 is 23.6 Å². The second-order valence-electron chi connectivity index (χ2n) is 5.08. The van der Waals surface area contributed by atoms with Crippen LogP contribution < -0.4 is 5.32 Å². The van der Waals surface area contributed by atoms with Crippen molar-refractivity contribution in [2.75, 3.05) is 18.1 Å². The number of hydrogen-bond donors (Lipinski definition) is 1. The first-order chi connectivity index (χ1) is 8.11. The quantitative estimate of drug-likeness (QED) is 0.797. The molecule has 0 bridgehead atoms. The van der Waals surface area contributed by atoms with Gasteiger partial charge >= 0.3 is 0 Å². The van der Waals surface area contributed by atoms with Gasteiger partial charge in [-0.2, -0.15) is 11.8 Å². The minimum absolute atomic E-state index is 0.00942. The molecule has 2 saturated heterocycles. The zero-order chi connectivity index (χ0) is 12.4. The molecule has 0 spiro atoms. The molecule has 2 fully saturated rings. The maximum absolute atomic E-state index is 12.1. The normalized spacial score (nSPS) is 30.6. The van der Waals surface area contributed by atoms with E-state index in [1.165, 1.54) is 5.75 Å². The summed E-state index contributed by atoms with van der Waals surface area (Å²) in [6, 6.07) is -0.0281. The highest BCUT2D eigenvalue weighted by molar-refractivity contribution is 7.99. The van der Waals surface area contributed by atoms with Crippen LogP contribution in [0.25, 0.3) is 0 Å². The average Bonchev–Trinajstić information content (AvgIpc) is 2.32. The minimum atomic E-state index is -0.278. The van der Waals surface area contributed by atoms with Gasteiger partial charge in [0.15, 0.2) is 0 Å². The number of amides is 2. The number of hydrogen-bond acceptors (Lipinski definition) is 3. The lowest BCUT2D eigenvalue weighted by atomic mass is 9.96. The van der Waals surface area contributed by atoms with Crippen LogP contribution in [0.2, 0.25) is 0 Å². The lowest BCUT2D eigenvalue weighted by molar-refractivity contribution is -0.150. The highest BCUT2D eigenvalue weighted by Crippen LogP contribution is 2.26. The van der Waals surface area contributed by atoms with E-state index in [0.717, 1.165) is 18.6 Å².